The second-order valence-corrected chi connectivity index (χ2v) is 8.76. The van der Waals surface area contributed by atoms with Crippen LogP contribution in [0.1, 0.15) is 10.4 Å². The summed E-state index contributed by atoms with van der Waals surface area (Å²) in [5, 5.41) is 15.1. The van der Waals surface area contributed by atoms with Gasteiger partial charge in [-0.3, -0.25) is 14.3 Å². The molecule has 2 amide bonds. The van der Waals surface area contributed by atoms with Crippen molar-refractivity contribution in [3.05, 3.63) is 59.6 Å². The number of likely N-dealkylation sites (N-methyl/N-ethyl adjacent to an activating group) is 1. The van der Waals surface area contributed by atoms with E-state index in [0.29, 0.717) is 38.9 Å². The molecule has 1 fully saturated rings. The fourth-order valence-corrected chi connectivity index (χ4v) is 4.22. The minimum atomic E-state index is -0.414. The van der Waals surface area contributed by atoms with Gasteiger partial charge in [-0.05, 0) is 31.3 Å². The molecule has 35 heavy (non-hydrogen) atoms. The quantitative estimate of drug-likeness (QED) is 0.403. The number of likely N-dealkylation sites (tertiary alicyclic amines) is 1. The summed E-state index contributed by atoms with van der Waals surface area (Å²) in [4.78, 5) is 32.1. The Kier molecular flexibility index (Phi) is 6.10. The summed E-state index contributed by atoms with van der Waals surface area (Å²) < 4.78 is 8.49. The first-order chi connectivity index (χ1) is 16.9. The maximum atomic E-state index is 13.2. The largest absolute Gasteiger partial charge is 0.496 e. The Morgan fingerprint density at radius 3 is 2.89 bits per heavy atom. The molecule has 2 N–H and O–H groups in total. The first-order valence-electron chi connectivity index (χ1n) is 10.9. The highest BCUT2D eigenvalue weighted by molar-refractivity contribution is 6.31. The standard InChI is InChI=1S/C23H23ClN8O3/c1-30-10-15(11-30)27-20(33)13-31-12-18(21(29-31)16-8-14(24)4-5-19(16)35-2)28-23(34)17-9-26-32-7-3-6-25-22(17)32/h3-9,12,15H,10-11,13H2,1-2H3,(H,27,33)(H,28,34). The van der Waals surface area contributed by atoms with E-state index in [0.717, 1.165) is 13.1 Å². The van der Waals surface area contributed by atoms with Crippen LogP contribution in [0.15, 0.2) is 49.1 Å². The van der Waals surface area contributed by atoms with Crippen LogP contribution in [0.2, 0.25) is 5.02 Å². The van der Waals surface area contributed by atoms with Crippen molar-refractivity contribution in [3.63, 3.8) is 0 Å². The Labute approximate surface area is 205 Å². The summed E-state index contributed by atoms with van der Waals surface area (Å²) in [6, 6.07) is 6.97. The molecule has 3 aromatic heterocycles. The molecular weight excluding hydrogens is 472 g/mol. The van der Waals surface area contributed by atoms with Gasteiger partial charge in [-0.15, -0.1) is 0 Å². The van der Waals surface area contributed by atoms with Gasteiger partial charge in [-0.1, -0.05) is 11.6 Å². The summed E-state index contributed by atoms with van der Waals surface area (Å²) >= 11 is 6.25. The van der Waals surface area contributed by atoms with Gasteiger partial charge in [0.05, 0.1) is 25.0 Å². The number of nitrogens with zero attached hydrogens (tertiary/aromatic N) is 6. The lowest BCUT2D eigenvalue weighted by molar-refractivity contribution is -0.123. The van der Waals surface area contributed by atoms with E-state index < -0.39 is 5.91 Å². The molecule has 1 aliphatic rings. The van der Waals surface area contributed by atoms with Crippen LogP contribution in [0, 0.1) is 0 Å². The molecule has 0 bridgehead atoms. The Morgan fingerprint density at radius 2 is 2.11 bits per heavy atom. The number of fused-ring (bicyclic) bond motifs is 1. The number of halogens is 1. The van der Waals surface area contributed by atoms with Crippen molar-refractivity contribution in [2.24, 2.45) is 0 Å². The molecule has 4 heterocycles. The minimum absolute atomic E-state index is 0.00969. The van der Waals surface area contributed by atoms with Crippen LogP contribution in [0.4, 0.5) is 5.69 Å². The zero-order valence-corrected chi connectivity index (χ0v) is 19.9. The predicted octanol–water partition coefficient (Wildman–Crippen LogP) is 1.94. The van der Waals surface area contributed by atoms with Crippen molar-refractivity contribution in [2.75, 3.05) is 32.6 Å². The van der Waals surface area contributed by atoms with Crippen molar-refractivity contribution >= 4 is 34.7 Å². The molecule has 0 radical (unpaired) electrons. The van der Waals surface area contributed by atoms with E-state index in [1.54, 1.807) is 42.9 Å². The third kappa shape index (κ3) is 4.68. The zero-order valence-electron chi connectivity index (χ0n) is 19.1. The summed E-state index contributed by atoms with van der Waals surface area (Å²) in [6.07, 6.45) is 6.36. The summed E-state index contributed by atoms with van der Waals surface area (Å²) in [5.41, 5.74) is 2.10. The van der Waals surface area contributed by atoms with Gasteiger partial charge in [0.1, 0.15) is 23.6 Å². The monoisotopic (exact) mass is 494 g/mol. The molecule has 12 heteroatoms. The number of aromatic nitrogens is 5. The van der Waals surface area contributed by atoms with Crippen molar-refractivity contribution in [2.45, 2.75) is 12.6 Å². The van der Waals surface area contributed by atoms with E-state index in [4.69, 9.17) is 16.3 Å². The maximum absolute atomic E-state index is 13.2. The van der Waals surface area contributed by atoms with E-state index in [1.165, 1.54) is 22.5 Å². The van der Waals surface area contributed by atoms with Crippen LogP contribution in [-0.4, -0.2) is 74.4 Å². The first-order valence-corrected chi connectivity index (χ1v) is 11.3. The van der Waals surface area contributed by atoms with Crippen LogP contribution in [0.3, 0.4) is 0 Å². The van der Waals surface area contributed by atoms with E-state index in [9.17, 15) is 9.59 Å². The number of ether oxygens (including phenoxy) is 1. The van der Waals surface area contributed by atoms with E-state index in [-0.39, 0.29) is 18.5 Å². The van der Waals surface area contributed by atoms with Crippen LogP contribution in [0.5, 0.6) is 5.75 Å². The van der Waals surface area contributed by atoms with Gasteiger partial charge in [-0.25, -0.2) is 9.50 Å². The van der Waals surface area contributed by atoms with Gasteiger partial charge in [0.15, 0.2) is 5.65 Å². The van der Waals surface area contributed by atoms with Gasteiger partial charge in [0.25, 0.3) is 5.91 Å². The number of hydrogen-bond acceptors (Lipinski definition) is 7. The Bertz CT molecular complexity index is 1410. The Balaban J connectivity index is 1.46. The third-order valence-corrected chi connectivity index (χ3v) is 5.92. The zero-order chi connectivity index (χ0) is 24.5. The van der Waals surface area contributed by atoms with Crippen LogP contribution in [0.25, 0.3) is 16.9 Å². The van der Waals surface area contributed by atoms with Crippen LogP contribution >= 0.6 is 11.6 Å². The van der Waals surface area contributed by atoms with E-state index in [2.05, 4.69) is 30.7 Å². The van der Waals surface area contributed by atoms with E-state index >= 15 is 0 Å². The number of amides is 2. The topological polar surface area (TPSA) is 119 Å². The highest BCUT2D eigenvalue weighted by atomic mass is 35.5. The van der Waals surface area contributed by atoms with Crippen LogP contribution in [-0.2, 0) is 11.3 Å². The van der Waals surface area contributed by atoms with Gasteiger partial charge >= 0.3 is 0 Å². The average molecular weight is 495 g/mol. The van der Waals surface area contributed by atoms with Crippen LogP contribution < -0.4 is 15.4 Å². The second-order valence-electron chi connectivity index (χ2n) is 8.32. The Hall–Kier alpha value is -3.96. The van der Waals surface area contributed by atoms with Crippen molar-refractivity contribution in [1.29, 1.82) is 0 Å². The molecular formula is C23H23ClN8O3. The normalized spacial score (nSPS) is 14.0. The predicted molar refractivity (Wildman–Crippen MR) is 130 cm³/mol. The second kappa shape index (κ2) is 9.35. The molecule has 1 aliphatic heterocycles. The number of nitrogens with one attached hydrogen (secondary N) is 2. The third-order valence-electron chi connectivity index (χ3n) is 5.69. The molecule has 1 aromatic carbocycles. The van der Waals surface area contributed by atoms with Gasteiger partial charge in [0, 0.05) is 42.3 Å². The number of hydrogen-bond donors (Lipinski definition) is 2. The molecule has 5 rings (SSSR count). The SMILES string of the molecule is COc1ccc(Cl)cc1-c1nn(CC(=O)NC2CN(C)C2)cc1NC(=O)c1cnn2cccnc12. The number of anilines is 1. The van der Waals surface area contributed by atoms with Gasteiger partial charge in [-0.2, -0.15) is 10.2 Å². The summed E-state index contributed by atoms with van der Waals surface area (Å²) in [7, 11) is 3.53. The molecule has 0 saturated carbocycles. The summed E-state index contributed by atoms with van der Waals surface area (Å²) in [5.74, 6) is -0.0582. The smallest absolute Gasteiger partial charge is 0.261 e. The molecule has 0 aliphatic carbocycles. The number of methoxy groups -OCH3 is 1. The lowest BCUT2D eigenvalue weighted by Gasteiger charge is -2.36. The molecule has 0 spiro atoms. The molecule has 11 nitrogen and oxygen atoms in total. The molecule has 0 atom stereocenters. The van der Waals surface area contributed by atoms with Crippen molar-refractivity contribution in [3.8, 4) is 17.0 Å². The fourth-order valence-electron chi connectivity index (χ4n) is 4.05. The van der Waals surface area contributed by atoms with Gasteiger partial charge in [0.2, 0.25) is 5.91 Å². The molecule has 0 unspecified atom stereocenters. The molecule has 1 saturated heterocycles. The fraction of sp³-hybridized carbons (Fsp3) is 0.261. The number of carbonyl (C=O) groups is 2. The average Bonchev–Trinajstić information content (AvgIpc) is 3.42. The lowest BCUT2D eigenvalue weighted by Crippen LogP contribution is -2.57. The molecule has 4 aromatic rings. The highest BCUT2D eigenvalue weighted by Crippen LogP contribution is 2.36. The van der Waals surface area contributed by atoms with Crippen molar-refractivity contribution < 1.29 is 14.3 Å². The Morgan fingerprint density at radius 1 is 1.29 bits per heavy atom. The van der Waals surface area contributed by atoms with Gasteiger partial charge < -0.3 is 20.3 Å². The van der Waals surface area contributed by atoms with E-state index in [1.807, 2.05) is 7.05 Å². The van der Waals surface area contributed by atoms with Crippen molar-refractivity contribution in [1.82, 2.24) is 34.6 Å². The maximum Gasteiger partial charge on any atom is 0.261 e. The summed E-state index contributed by atoms with van der Waals surface area (Å²) in [6.45, 7) is 1.61. The number of rotatable bonds is 7. The lowest BCUT2D eigenvalue weighted by atomic mass is 10.1. The number of benzene rings is 1. The minimum Gasteiger partial charge on any atom is -0.496 e. The first kappa shape index (κ1) is 22.8. The highest BCUT2D eigenvalue weighted by Gasteiger charge is 2.25. The number of carbonyl (C=O) groups excluding carboxylic acids is 2. The molecule has 180 valence electrons.